The summed E-state index contributed by atoms with van der Waals surface area (Å²) in [7, 11) is 1.56. The van der Waals surface area contributed by atoms with Gasteiger partial charge in [-0.2, -0.15) is 0 Å². The van der Waals surface area contributed by atoms with Crippen LogP contribution in [-0.2, 0) is 0 Å². The average Bonchev–Trinajstić information content (AvgIpc) is 2.66. The molecule has 0 saturated heterocycles. The number of rotatable bonds is 5. The van der Waals surface area contributed by atoms with Crippen molar-refractivity contribution in [2.75, 3.05) is 17.7 Å². The van der Waals surface area contributed by atoms with Crippen LogP contribution in [0.2, 0.25) is 5.02 Å². The van der Waals surface area contributed by atoms with Crippen LogP contribution in [0.1, 0.15) is 15.9 Å². The fourth-order valence-electron chi connectivity index (χ4n) is 2.46. The second-order valence-corrected chi connectivity index (χ2v) is 6.03. The molecule has 0 fully saturated rings. The number of halogens is 1. The number of carbonyl (C=O) groups excluding carboxylic acids is 1. The minimum absolute atomic E-state index is 0.247. The lowest BCUT2D eigenvalue weighted by Crippen LogP contribution is -2.13. The maximum absolute atomic E-state index is 12.6. The van der Waals surface area contributed by atoms with Crippen LogP contribution in [0.25, 0.3) is 0 Å². The minimum Gasteiger partial charge on any atom is -0.495 e. The molecule has 6 heteroatoms. The molecule has 0 bridgehead atoms. The second kappa shape index (κ2) is 7.89. The van der Waals surface area contributed by atoms with E-state index in [2.05, 4.69) is 15.6 Å². The number of aromatic nitrogens is 1. The van der Waals surface area contributed by atoms with Gasteiger partial charge in [-0.1, -0.05) is 29.8 Å². The van der Waals surface area contributed by atoms with Gasteiger partial charge in [-0.15, -0.1) is 0 Å². The van der Waals surface area contributed by atoms with Gasteiger partial charge in [0.15, 0.2) is 0 Å². The summed E-state index contributed by atoms with van der Waals surface area (Å²) in [4.78, 5) is 16.8. The topological polar surface area (TPSA) is 63.2 Å². The normalized spacial score (nSPS) is 10.3. The molecular formula is C20H18ClN3O2. The van der Waals surface area contributed by atoms with Crippen LogP contribution in [0.15, 0.2) is 60.8 Å². The Kier molecular flexibility index (Phi) is 5.39. The molecule has 2 aromatic carbocycles. The number of hydrogen-bond donors (Lipinski definition) is 2. The zero-order chi connectivity index (χ0) is 18.5. The van der Waals surface area contributed by atoms with Gasteiger partial charge in [-0.3, -0.25) is 4.79 Å². The molecule has 5 nitrogen and oxygen atoms in total. The number of ether oxygens (including phenoxy) is 1. The lowest BCUT2D eigenvalue weighted by atomic mass is 10.2. The highest BCUT2D eigenvalue weighted by Gasteiger charge is 2.11. The molecule has 3 aromatic rings. The molecule has 2 N–H and O–H groups in total. The van der Waals surface area contributed by atoms with E-state index in [0.29, 0.717) is 27.8 Å². The maximum atomic E-state index is 12.6. The number of nitrogens with one attached hydrogen (secondary N) is 2. The number of methoxy groups -OCH3 is 1. The quantitative estimate of drug-likeness (QED) is 0.662. The van der Waals surface area contributed by atoms with Crippen molar-refractivity contribution in [1.29, 1.82) is 0 Å². The molecule has 132 valence electrons. The Balaban J connectivity index is 1.80. The van der Waals surface area contributed by atoms with Crippen molar-refractivity contribution in [3.8, 4) is 5.75 Å². The second-order valence-electron chi connectivity index (χ2n) is 5.62. The Bertz CT molecular complexity index is 944. The van der Waals surface area contributed by atoms with Gasteiger partial charge in [-0.05, 0) is 48.9 Å². The largest absolute Gasteiger partial charge is 0.495 e. The number of carbonyl (C=O) groups is 1. The van der Waals surface area contributed by atoms with Crippen LogP contribution in [0.5, 0.6) is 5.75 Å². The number of hydrogen-bond acceptors (Lipinski definition) is 4. The molecule has 0 aliphatic rings. The Morgan fingerprint density at radius 1 is 1.08 bits per heavy atom. The van der Waals surface area contributed by atoms with Crippen LogP contribution in [-0.4, -0.2) is 18.0 Å². The third-order valence-corrected chi connectivity index (χ3v) is 4.32. The fourth-order valence-corrected chi connectivity index (χ4v) is 2.64. The van der Waals surface area contributed by atoms with Gasteiger partial charge < -0.3 is 15.4 Å². The van der Waals surface area contributed by atoms with Crippen LogP contribution < -0.4 is 15.4 Å². The van der Waals surface area contributed by atoms with E-state index in [1.807, 2.05) is 37.3 Å². The molecule has 0 saturated carbocycles. The number of para-hydroxylation sites is 2. The van der Waals surface area contributed by atoms with Gasteiger partial charge >= 0.3 is 0 Å². The van der Waals surface area contributed by atoms with Gasteiger partial charge in [-0.25, -0.2) is 4.98 Å². The molecule has 0 atom stereocenters. The summed E-state index contributed by atoms with van der Waals surface area (Å²) in [6, 6.07) is 16.2. The standard InChI is InChI=1S/C20H18ClN3O2/c1-13-15(21)6-5-8-16(13)23-19-12-14(10-11-22-19)20(25)24-17-7-3-4-9-18(17)26-2/h3-12H,1-2H3,(H,22,23)(H,24,25). The molecule has 26 heavy (non-hydrogen) atoms. The van der Waals surface area contributed by atoms with E-state index in [9.17, 15) is 4.79 Å². The van der Waals surface area contributed by atoms with E-state index in [-0.39, 0.29) is 5.91 Å². The summed E-state index contributed by atoms with van der Waals surface area (Å²) in [5.74, 6) is 0.911. The monoisotopic (exact) mass is 367 g/mol. The number of nitrogens with zero attached hydrogens (tertiary/aromatic N) is 1. The number of amides is 1. The van der Waals surface area contributed by atoms with Gasteiger partial charge in [0.05, 0.1) is 12.8 Å². The molecule has 0 spiro atoms. The van der Waals surface area contributed by atoms with E-state index in [1.165, 1.54) is 0 Å². The minimum atomic E-state index is -0.247. The average molecular weight is 368 g/mol. The molecule has 0 radical (unpaired) electrons. The van der Waals surface area contributed by atoms with E-state index in [1.54, 1.807) is 37.6 Å². The van der Waals surface area contributed by atoms with Crippen molar-refractivity contribution in [2.24, 2.45) is 0 Å². The Labute approximate surface area is 157 Å². The first-order valence-electron chi connectivity index (χ1n) is 8.01. The molecule has 1 amide bonds. The SMILES string of the molecule is COc1ccccc1NC(=O)c1ccnc(Nc2cccc(Cl)c2C)c1. The van der Waals surface area contributed by atoms with Crippen LogP contribution >= 0.6 is 11.6 Å². The van der Waals surface area contributed by atoms with Crippen LogP contribution in [0.3, 0.4) is 0 Å². The van der Waals surface area contributed by atoms with Crippen molar-refractivity contribution in [3.05, 3.63) is 76.9 Å². The highest BCUT2D eigenvalue weighted by atomic mass is 35.5. The number of benzene rings is 2. The predicted octanol–water partition coefficient (Wildman–Crippen LogP) is 5.05. The summed E-state index contributed by atoms with van der Waals surface area (Å²) in [5, 5.41) is 6.71. The van der Waals surface area contributed by atoms with Gasteiger partial charge in [0.1, 0.15) is 11.6 Å². The van der Waals surface area contributed by atoms with Crippen molar-refractivity contribution in [2.45, 2.75) is 6.92 Å². The van der Waals surface area contributed by atoms with Crippen molar-refractivity contribution in [3.63, 3.8) is 0 Å². The first-order chi connectivity index (χ1) is 12.6. The number of anilines is 3. The Morgan fingerprint density at radius 3 is 2.65 bits per heavy atom. The number of pyridine rings is 1. The molecule has 1 aromatic heterocycles. The summed E-state index contributed by atoms with van der Waals surface area (Å²) in [5.41, 5.74) is 2.84. The fraction of sp³-hybridized carbons (Fsp3) is 0.100. The van der Waals surface area contributed by atoms with E-state index < -0.39 is 0 Å². The van der Waals surface area contributed by atoms with E-state index in [0.717, 1.165) is 11.3 Å². The molecule has 1 heterocycles. The Hall–Kier alpha value is -3.05. The molecule has 0 aliphatic heterocycles. The first kappa shape index (κ1) is 17.8. The lowest BCUT2D eigenvalue weighted by molar-refractivity contribution is 0.102. The predicted molar refractivity (Wildman–Crippen MR) is 105 cm³/mol. The smallest absolute Gasteiger partial charge is 0.255 e. The van der Waals surface area contributed by atoms with Crippen LogP contribution in [0.4, 0.5) is 17.2 Å². The highest BCUT2D eigenvalue weighted by Crippen LogP contribution is 2.26. The third kappa shape index (κ3) is 3.95. The third-order valence-electron chi connectivity index (χ3n) is 3.91. The zero-order valence-electron chi connectivity index (χ0n) is 14.4. The van der Waals surface area contributed by atoms with Crippen LogP contribution in [0, 0.1) is 6.92 Å². The molecule has 0 unspecified atom stereocenters. The summed E-state index contributed by atoms with van der Waals surface area (Å²) in [6.07, 6.45) is 1.58. The maximum Gasteiger partial charge on any atom is 0.255 e. The molecular weight excluding hydrogens is 350 g/mol. The lowest BCUT2D eigenvalue weighted by Gasteiger charge is -2.12. The zero-order valence-corrected chi connectivity index (χ0v) is 15.2. The van der Waals surface area contributed by atoms with Crippen molar-refractivity contribution < 1.29 is 9.53 Å². The summed E-state index contributed by atoms with van der Waals surface area (Å²) in [6.45, 7) is 1.92. The van der Waals surface area contributed by atoms with Crippen molar-refractivity contribution in [1.82, 2.24) is 4.98 Å². The highest BCUT2D eigenvalue weighted by molar-refractivity contribution is 6.31. The molecule has 3 rings (SSSR count). The Morgan fingerprint density at radius 2 is 1.85 bits per heavy atom. The summed E-state index contributed by atoms with van der Waals surface area (Å²) < 4.78 is 5.26. The summed E-state index contributed by atoms with van der Waals surface area (Å²) >= 11 is 6.14. The van der Waals surface area contributed by atoms with Crippen molar-refractivity contribution >= 4 is 34.7 Å². The van der Waals surface area contributed by atoms with Gasteiger partial charge in [0, 0.05) is 22.5 Å². The first-order valence-corrected chi connectivity index (χ1v) is 8.39. The van der Waals surface area contributed by atoms with E-state index >= 15 is 0 Å². The van der Waals surface area contributed by atoms with E-state index in [4.69, 9.17) is 16.3 Å². The van der Waals surface area contributed by atoms with Gasteiger partial charge in [0.25, 0.3) is 5.91 Å². The molecule has 0 aliphatic carbocycles. The van der Waals surface area contributed by atoms with Gasteiger partial charge in [0.2, 0.25) is 0 Å².